The number of rotatable bonds is 2. The first-order valence-electron chi connectivity index (χ1n) is 5.96. The normalized spacial score (nSPS) is 50.3. The van der Waals surface area contributed by atoms with Crippen LogP contribution in [0, 0.1) is 17.3 Å². The second-order valence-corrected chi connectivity index (χ2v) is 5.28. The Morgan fingerprint density at radius 1 is 1.15 bits per heavy atom. The Morgan fingerprint density at radius 2 is 1.92 bits per heavy atom. The predicted molar refractivity (Wildman–Crippen MR) is 52.5 cm³/mol. The van der Waals surface area contributed by atoms with E-state index in [9.17, 15) is 0 Å². The summed E-state index contributed by atoms with van der Waals surface area (Å²) in [5.41, 5.74) is 0.667. The van der Waals surface area contributed by atoms with Gasteiger partial charge < -0.3 is 4.74 Å². The molecular formula is C12H20O. The molecule has 4 aliphatic rings. The zero-order chi connectivity index (χ0) is 9.05. The van der Waals surface area contributed by atoms with Crippen LogP contribution in [0.15, 0.2) is 0 Å². The number of ether oxygens (including phenoxy) is 1. The van der Waals surface area contributed by atoms with Gasteiger partial charge in [0.15, 0.2) is 0 Å². The van der Waals surface area contributed by atoms with E-state index in [1.54, 1.807) is 0 Å². The average Bonchev–Trinajstić information content (AvgIpc) is 2.98. The zero-order valence-electron chi connectivity index (χ0n) is 8.75. The SMILES string of the molecule is CCC1(CC)CC2CCC1C1OC21. The topological polar surface area (TPSA) is 12.5 Å². The first kappa shape index (κ1) is 8.28. The number of epoxide rings is 1. The zero-order valence-corrected chi connectivity index (χ0v) is 8.75. The molecule has 2 bridgehead atoms. The van der Waals surface area contributed by atoms with Crippen molar-refractivity contribution >= 4 is 0 Å². The van der Waals surface area contributed by atoms with Crippen LogP contribution in [-0.2, 0) is 4.74 Å². The summed E-state index contributed by atoms with van der Waals surface area (Å²) in [5.74, 6) is 1.84. The minimum atomic E-state index is 0.667. The molecule has 0 aromatic rings. The summed E-state index contributed by atoms with van der Waals surface area (Å²) in [6.45, 7) is 4.75. The summed E-state index contributed by atoms with van der Waals surface area (Å²) in [6, 6.07) is 0. The van der Waals surface area contributed by atoms with Crippen LogP contribution in [0.5, 0.6) is 0 Å². The van der Waals surface area contributed by atoms with Gasteiger partial charge in [0.1, 0.15) is 0 Å². The Labute approximate surface area is 80.8 Å². The highest BCUT2D eigenvalue weighted by molar-refractivity contribution is 5.11. The van der Waals surface area contributed by atoms with E-state index in [4.69, 9.17) is 4.74 Å². The molecule has 3 saturated carbocycles. The van der Waals surface area contributed by atoms with Gasteiger partial charge in [0.25, 0.3) is 0 Å². The second-order valence-electron chi connectivity index (χ2n) is 5.28. The van der Waals surface area contributed by atoms with Gasteiger partial charge in [-0.3, -0.25) is 0 Å². The van der Waals surface area contributed by atoms with Gasteiger partial charge in [0.2, 0.25) is 0 Å². The molecule has 1 heteroatoms. The molecule has 1 nitrogen and oxygen atoms in total. The van der Waals surface area contributed by atoms with Crippen LogP contribution in [0.1, 0.15) is 46.0 Å². The molecule has 0 aromatic heterocycles. The molecule has 0 radical (unpaired) electrons. The molecule has 3 aliphatic carbocycles. The summed E-state index contributed by atoms with van der Waals surface area (Å²) >= 11 is 0. The van der Waals surface area contributed by atoms with Crippen molar-refractivity contribution in [1.29, 1.82) is 0 Å². The lowest BCUT2D eigenvalue weighted by Crippen LogP contribution is -2.46. The maximum Gasteiger partial charge on any atom is 0.0878 e. The fourth-order valence-electron chi connectivity index (χ4n) is 4.17. The van der Waals surface area contributed by atoms with Crippen LogP contribution in [0.4, 0.5) is 0 Å². The molecule has 0 spiro atoms. The van der Waals surface area contributed by atoms with Crippen LogP contribution < -0.4 is 0 Å². The number of fused-ring (bicyclic) bond motifs is 2. The standard InChI is InChI=1S/C12H20O/c1-3-12(4-2)7-8-5-6-9(12)11-10(8)13-11/h8-11H,3-7H2,1-2H3. The average molecular weight is 180 g/mol. The van der Waals surface area contributed by atoms with Crippen LogP contribution in [0.2, 0.25) is 0 Å². The van der Waals surface area contributed by atoms with E-state index in [0.29, 0.717) is 17.6 Å². The van der Waals surface area contributed by atoms with E-state index in [2.05, 4.69) is 13.8 Å². The van der Waals surface area contributed by atoms with E-state index >= 15 is 0 Å². The summed E-state index contributed by atoms with van der Waals surface area (Å²) in [4.78, 5) is 0. The van der Waals surface area contributed by atoms with E-state index in [1.807, 2.05) is 0 Å². The Kier molecular flexibility index (Phi) is 1.59. The Balaban J connectivity index is 1.91. The van der Waals surface area contributed by atoms with Gasteiger partial charge in [0, 0.05) is 0 Å². The Morgan fingerprint density at radius 3 is 2.54 bits per heavy atom. The van der Waals surface area contributed by atoms with Crippen molar-refractivity contribution in [1.82, 2.24) is 0 Å². The molecule has 1 aliphatic heterocycles. The summed E-state index contributed by atoms with van der Waals surface area (Å²) in [5, 5.41) is 0. The molecule has 13 heavy (non-hydrogen) atoms. The van der Waals surface area contributed by atoms with Gasteiger partial charge in [-0.2, -0.15) is 0 Å². The maximum atomic E-state index is 5.82. The van der Waals surface area contributed by atoms with Gasteiger partial charge in [-0.15, -0.1) is 0 Å². The molecule has 0 aromatic carbocycles. The lowest BCUT2D eigenvalue weighted by atomic mass is 9.54. The third-order valence-corrected chi connectivity index (χ3v) is 5.13. The Bertz CT molecular complexity index is 219. The molecule has 4 fully saturated rings. The Hall–Kier alpha value is -0.0400. The van der Waals surface area contributed by atoms with Gasteiger partial charge in [-0.1, -0.05) is 26.7 Å². The minimum Gasteiger partial charge on any atom is -0.369 e. The molecule has 4 unspecified atom stereocenters. The van der Waals surface area contributed by atoms with Gasteiger partial charge >= 0.3 is 0 Å². The first-order valence-corrected chi connectivity index (χ1v) is 5.96. The molecule has 0 amide bonds. The van der Waals surface area contributed by atoms with Crippen LogP contribution in [0.3, 0.4) is 0 Å². The number of hydrogen-bond acceptors (Lipinski definition) is 1. The third-order valence-electron chi connectivity index (χ3n) is 5.13. The summed E-state index contributed by atoms with van der Waals surface area (Å²) < 4.78 is 5.82. The first-order chi connectivity index (χ1) is 6.30. The monoisotopic (exact) mass is 180 g/mol. The number of hydrogen-bond donors (Lipinski definition) is 0. The van der Waals surface area contributed by atoms with Crippen LogP contribution in [0.25, 0.3) is 0 Å². The van der Waals surface area contributed by atoms with Crippen molar-refractivity contribution in [3.8, 4) is 0 Å². The van der Waals surface area contributed by atoms with Crippen molar-refractivity contribution < 1.29 is 4.74 Å². The van der Waals surface area contributed by atoms with Gasteiger partial charge in [-0.05, 0) is 36.5 Å². The second kappa shape index (κ2) is 2.50. The van der Waals surface area contributed by atoms with Crippen molar-refractivity contribution in [2.24, 2.45) is 17.3 Å². The van der Waals surface area contributed by atoms with Gasteiger partial charge in [-0.25, -0.2) is 0 Å². The van der Waals surface area contributed by atoms with E-state index in [-0.39, 0.29) is 0 Å². The van der Waals surface area contributed by atoms with Crippen LogP contribution >= 0.6 is 0 Å². The molecule has 1 heterocycles. The van der Waals surface area contributed by atoms with E-state index in [0.717, 1.165) is 11.8 Å². The van der Waals surface area contributed by atoms with Gasteiger partial charge in [0.05, 0.1) is 12.2 Å². The minimum absolute atomic E-state index is 0.667. The summed E-state index contributed by atoms with van der Waals surface area (Å²) in [7, 11) is 0. The quantitative estimate of drug-likeness (QED) is 0.595. The third kappa shape index (κ3) is 0.918. The highest BCUT2D eigenvalue weighted by Gasteiger charge is 2.63. The highest BCUT2D eigenvalue weighted by atomic mass is 16.6. The molecule has 74 valence electrons. The molecule has 0 N–H and O–H groups in total. The fourth-order valence-corrected chi connectivity index (χ4v) is 4.17. The molecule has 4 atom stereocenters. The van der Waals surface area contributed by atoms with Crippen LogP contribution in [-0.4, -0.2) is 12.2 Å². The molecule has 1 saturated heterocycles. The molecule has 4 rings (SSSR count). The van der Waals surface area contributed by atoms with Crippen molar-refractivity contribution in [2.75, 3.05) is 0 Å². The predicted octanol–water partition coefficient (Wildman–Crippen LogP) is 2.99. The fraction of sp³-hybridized carbons (Fsp3) is 1.00. The summed E-state index contributed by atoms with van der Waals surface area (Å²) in [6.07, 6.45) is 8.50. The van der Waals surface area contributed by atoms with E-state index < -0.39 is 0 Å². The smallest absolute Gasteiger partial charge is 0.0878 e. The lowest BCUT2D eigenvalue weighted by molar-refractivity contribution is 0.0169. The maximum absolute atomic E-state index is 5.82. The van der Waals surface area contributed by atoms with Crippen molar-refractivity contribution in [3.05, 3.63) is 0 Å². The lowest BCUT2D eigenvalue weighted by Gasteiger charge is -2.49. The largest absolute Gasteiger partial charge is 0.369 e. The van der Waals surface area contributed by atoms with Crippen molar-refractivity contribution in [2.45, 2.75) is 58.2 Å². The van der Waals surface area contributed by atoms with Crippen molar-refractivity contribution in [3.63, 3.8) is 0 Å². The van der Waals surface area contributed by atoms with E-state index in [1.165, 1.54) is 32.1 Å². The molecular weight excluding hydrogens is 160 g/mol. The highest BCUT2D eigenvalue weighted by Crippen LogP contribution is 2.62.